The molecular formula is C21H31N7O6S. The van der Waals surface area contributed by atoms with Crippen molar-refractivity contribution in [1.82, 2.24) is 36.6 Å². The summed E-state index contributed by atoms with van der Waals surface area (Å²) in [5, 5.41) is 22.6. The van der Waals surface area contributed by atoms with Crippen molar-refractivity contribution in [2.24, 2.45) is 0 Å². The topological polar surface area (TPSA) is 194 Å². The number of aromatic amines is 1. The average Bonchev–Trinajstić information content (AvgIpc) is 3.61. The zero-order valence-corrected chi connectivity index (χ0v) is 20.0. The molecule has 4 unspecified atom stereocenters. The Hall–Kier alpha value is -2.97. The highest BCUT2D eigenvalue weighted by Gasteiger charge is 2.32. The normalized spacial score (nSPS) is 21.1. The number of aliphatic carboxylic acids is 1. The molecule has 2 aliphatic heterocycles. The van der Waals surface area contributed by atoms with Crippen LogP contribution in [0.2, 0.25) is 0 Å². The molecule has 4 amide bonds. The highest BCUT2D eigenvalue weighted by molar-refractivity contribution is 7.99. The second-order valence-corrected chi connectivity index (χ2v) is 9.49. The van der Waals surface area contributed by atoms with Gasteiger partial charge in [-0.15, -0.1) is 11.8 Å². The number of H-pyrrole nitrogens is 1. The predicted molar refractivity (Wildman–Crippen MR) is 126 cm³/mol. The fourth-order valence-electron chi connectivity index (χ4n) is 3.86. The molecule has 3 rings (SSSR count). The largest absolute Gasteiger partial charge is 0.481 e. The van der Waals surface area contributed by atoms with Crippen molar-refractivity contribution in [3.63, 3.8) is 0 Å². The fourth-order valence-corrected chi connectivity index (χ4v) is 4.81. The first-order valence-electron chi connectivity index (χ1n) is 11.5. The summed E-state index contributed by atoms with van der Waals surface area (Å²) in [6.45, 7) is 0.697. The molecule has 1 aromatic rings. The first kappa shape index (κ1) is 26.6. The number of aromatic nitrogens is 2. The van der Waals surface area contributed by atoms with Gasteiger partial charge in [-0.25, -0.2) is 4.98 Å². The summed E-state index contributed by atoms with van der Waals surface area (Å²) in [5.74, 6) is -2.04. The van der Waals surface area contributed by atoms with Crippen LogP contribution in [0.4, 0.5) is 0 Å². The molecule has 35 heavy (non-hydrogen) atoms. The predicted octanol–water partition coefficient (Wildman–Crippen LogP) is -1.77. The van der Waals surface area contributed by atoms with Gasteiger partial charge in [0.1, 0.15) is 12.1 Å². The molecule has 2 aliphatic rings. The monoisotopic (exact) mass is 509 g/mol. The maximum Gasteiger partial charge on any atom is 0.303 e. The maximum absolute atomic E-state index is 13.2. The summed E-state index contributed by atoms with van der Waals surface area (Å²) < 4.78 is 0. The number of carbonyl (C=O) groups excluding carboxylic acids is 4. The van der Waals surface area contributed by atoms with E-state index in [9.17, 15) is 24.0 Å². The molecule has 3 heterocycles. The zero-order chi connectivity index (χ0) is 25.2. The number of amides is 4. The third-order valence-corrected chi connectivity index (χ3v) is 6.72. The lowest BCUT2D eigenvalue weighted by atomic mass is 10.1. The minimum Gasteiger partial charge on any atom is -0.481 e. The molecule has 0 saturated carbocycles. The molecule has 0 radical (unpaired) electrons. The molecule has 2 fully saturated rings. The summed E-state index contributed by atoms with van der Waals surface area (Å²) >= 11 is 1.54. The Bertz CT molecular complexity index is 900. The summed E-state index contributed by atoms with van der Waals surface area (Å²) in [5.41, 5.74) is 0.564. The number of imide groups is 1. The van der Waals surface area contributed by atoms with Gasteiger partial charge in [0.15, 0.2) is 0 Å². The van der Waals surface area contributed by atoms with Crippen LogP contribution in [0.5, 0.6) is 0 Å². The molecule has 14 heteroatoms. The van der Waals surface area contributed by atoms with Crippen molar-refractivity contribution in [3.05, 3.63) is 18.2 Å². The lowest BCUT2D eigenvalue weighted by Crippen LogP contribution is -2.57. The van der Waals surface area contributed by atoms with Crippen molar-refractivity contribution < 1.29 is 29.1 Å². The van der Waals surface area contributed by atoms with Crippen LogP contribution in [0.25, 0.3) is 0 Å². The Balaban J connectivity index is 1.68. The van der Waals surface area contributed by atoms with E-state index in [1.165, 1.54) is 24.3 Å². The van der Waals surface area contributed by atoms with Crippen molar-refractivity contribution in [2.45, 2.75) is 62.7 Å². The summed E-state index contributed by atoms with van der Waals surface area (Å²) in [6.07, 6.45) is 4.52. The van der Waals surface area contributed by atoms with E-state index in [0.717, 1.165) is 6.42 Å². The average molecular weight is 510 g/mol. The van der Waals surface area contributed by atoms with Gasteiger partial charge >= 0.3 is 5.97 Å². The Morgan fingerprint density at radius 3 is 2.54 bits per heavy atom. The standard InChI is InChI=1S/C21H31N7O6S/c29-17(30)5-1-3-14(26-18(31)13-4-2-6-23-13)19(32)27-15(7-12-8-22-10-24-12)20(33)28-21(34)16-9-35-11-25-16/h8,10,13-16,23,25H,1-7,9,11H2,(H,22,24)(H,26,31)(H,27,32)(H,29,30)(H,28,33,34). The van der Waals surface area contributed by atoms with Crippen LogP contribution < -0.4 is 26.6 Å². The first-order chi connectivity index (χ1) is 16.8. The number of carbonyl (C=O) groups is 5. The Labute approximate surface area is 206 Å². The lowest BCUT2D eigenvalue weighted by Gasteiger charge is -2.24. The van der Waals surface area contributed by atoms with E-state index in [1.54, 1.807) is 0 Å². The molecule has 0 spiro atoms. The van der Waals surface area contributed by atoms with E-state index in [4.69, 9.17) is 5.11 Å². The third kappa shape index (κ3) is 8.33. The van der Waals surface area contributed by atoms with Crippen LogP contribution in [0.1, 0.15) is 37.8 Å². The Morgan fingerprint density at radius 2 is 1.91 bits per heavy atom. The highest BCUT2D eigenvalue weighted by atomic mass is 32.2. The Kier molecular flexibility index (Phi) is 10.0. The molecule has 2 saturated heterocycles. The SMILES string of the molecule is O=C(O)CCCC(NC(=O)C1CCCN1)C(=O)NC(Cc1cnc[nH]1)C(=O)NC(=O)C1CSCN1. The number of thioether (sulfide) groups is 1. The highest BCUT2D eigenvalue weighted by Crippen LogP contribution is 2.11. The summed E-state index contributed by atoms with van der Waals surface area (Å²) in [6, 6.07) is -3.09. The molecule has 0 aliphatic carbocycles. The maximum atomic E-state index is 13.2. The number of imidazole rings is 1. The second-order valence-electron chi connectivity index (χ2n) is 8.46. The van der Waals surface area contributed by atoms with Crippen LogP contribution in [-0.4, -0.2) is 87.0 Å². The van der Waals surface area contributed by atoms with Gasteiger partial charge in [0.05, 0.1) is 18.4 Å². The van der Waals surface area contributed by atoms with Crippen LogP contribution in [-0.2, 0) is 30.4 Å². The van der Waals surface area contributed by atoms with Crippen LogP contribution in [0.15, 0.2) is 12.5 Å². The summed E-state index contributed by atoms with van der Waals surface area (Å²) in [4.78, 5) is 68.8. The van der Waals surface area contributed by atoms with E-state index in [-0.39, 0.29) is 31.6 Å². The van der Waals surface area contributed by atoms with E-state index >= 15 is 0 Å². The number of hydrogen-bond donors (Lipinski definition) is 7. The molecule has 7 N–H and O–H groups in total. The van der Waals surface area contributed by atoms with Gasteiger partial charge in [0.2, 0.25) is 23.6 Å². The molecular weight excluding hydrogens is 478 g/mol. The van der Waals surface area contributed by atoms with Crippen molar-refractivity contribution in [1.29, 1.82) is 0 Å². The van der Waals surface area contributed by atoms with Gasteiger partial charge < -0.3 is 26.0 Å². The van der Waals surface area contributed by atoms with E-state index < -0.39 is 47.9 Å². The van der Waals surface area contributed by atoms with Crippen molar-refractivity contribution in [2.75, 3.05) is 18.2 Å². The number of carboxylic acids is 1. The van der Waals surface area contributed by atoms with Gasteiger partial charge in [-0.2, -0.15) is 0 Å². The minimum absolute atomic E-state index is 0.0394. The van der Waals surface area contributed by atoms with Crippen LogP contribution in [0.3, 0.4) is 0 Å². The Morgan fingerprint density at radius 1 is 1.09 bits per heavy atom. The van der Waals surface area contributed by atoms with Crippen LogP contribution >= 0.6 is 11.8 Å². The zero-order valence-electron chi connectivity index (χ0n) is 19.2. The molecule has 0 aromatic carbocycles. The second kappa shape index (κ2) is 13.2. The third-order valence-electron chi connectivity index (χ3n) is 5.78. The van der Waals surface area contributed by atoms with E-state index in [0.29, 0.717) is 30.3 Å². The molecule has 1 aromatic heterocycles. The number of hydrogen-bond acceptors (Lipinski definition) is 9. The van der Waals surface area contributed by atoms with Gasteiger partial charge in [-0.05, 0) is 32.2 Å². The number of carboxylic acid groups (broad SMARTS) is 1. The first-order valence-corrected chi connectivity index (χ1v) is 12.7. The van der Waals surface area contributed by atoms with Gasteiger partial charge in [-0.1, -0.05) is 0 Å². The van der Waals surface area contributed by atoms with Crippen molar-refractivity contribution >= 4 is 41.4 Å². The van der Waals surface area contributed by atoms with Gasteiger partial charge in [-0.3, -0.25) is 34.6 Å². The van der Waals surface area contributed by atoms with Gasteiger partial charge in [0, 0.05) is 36.4 Å². The summed E-state index contributed by atoms with van der Waals surface area (Å²) in [7, 11) is 0. The number of nitrogens with zero attached hydrogens (tertiary/aromatic N) is 1. The molecule has 0 bridgehead atoms. The van der Waals surface area contributed by atoms with E-state index in [2.05, 4.69) is 36.6 Å². The van der Waals surface area contributed by atoms with Gasteiger partial charge in [0.25, 0.3) is 0 Å². The number of rotatable bonds is 12. The van der Waals surface area contributed by atoms with Crippen molar-refractivity contribution in [3.8, 4) is 0 Å². The minimum atomic E-state index is -1.12. The van der Waals surface area contributed by atoms with Crippen LogP contribution in [0, 0.1) is 0 Å². The quantitative estimate of drug-likeness (QED) is 0.169. The fraction of sp³-hybridized carbons (Fsp3) is 0.619. The molecule has 192 valence electrons. The molecule has 4 atom stereocenters. The van der Waals surface area contributed by atoms with E-state index in [1.807, 2.05) is 0 Å². The number of nitrogens with one attached hydrogen (secondary N) is 6. The lowest BCUT2D eigenvalue weighted by molar-refractivity contribution is -0.137. The smallest absolute Gasteiger partial charge is 0.303 e. The molecule has 13 nitrogen and oxygen atoms in total.